The maximum absolute atomic E-state index is 6.38. The predicted octanol–water partition coefficient (Wildman–Crippen LogP) is 5.09. The molecule has 0 unspecified atom stereocenters. The molecule has 0 saturated heterocycles. The van der Waals surface area contributed by atoms with Crippen LogP contribution in [-0.2, 0) is 0 Å². The molecule has 5 nitrogen and oxygen atoms in total. The molecule has 128 valence electrons. The first kappa shape index (κ1) is 16.5. The monoisotopic (exact) mass is 379 g/mol. The van der Waals surface area contributed by atoms with Crippen LogP contribution < -0.4 is 10.6 Å². The third-order valence-corrected chi connectivity index (χ3v) is 4.32. The summed E-state index contributed by atoms with van der Waals surface area (Å²) in [5.74, 6) is 0.714. The summed E-state index contributed by atoms with van der Waals surface area (Å²) in [6, 6.07) is 17.2. The fourth-order valence-corrected chi connectivity index (χ4v) is 3.04. The highest BCUT2D eigenvalue weighted by Crippen LogP contribution is 2.30. The van der Waals surface area contributed by atoms with Crippen LogP contribution in [0.5, 0.6) is 0 Å². The lowest BCUT2D eigenvalue weighted by Gasteiger charge is -2.11. The van der Waals surface area contributed by atoms with Gasteiger partial charge in [-0.15, -0.1) is 0 Å². The summed E-state index contributed by atoms with van der Waals surface area (Å²) in [4.78, 5) is 12.0. The van der Waals surface area contributed by atoms with Crippen molar-refractivity contribution in [1.29, 1.82) is 0 Å². The topological polar surface area (TPSA) is 65.6 Å². The number of aromatic nitrogens is 3. The summed E-state index contributed by atoms with van der Waals surface area (Å²) in [7, 11) is 0. The summed E-state index contributed by atoms with van der Waals surface area (Å²) in [5.41, 5.74) is 4.29. The van der Waals surface area contributed by atoms with Crippen molar-refractivity contribution >= 4 is 51.3 Å². The van der Waals surface area contributed by atoms with E-state index >= 15 is 0 Å². The first-order chi connectivity index (χ1) is 12.7. The van der Waals surface area contributed by atoms with Gasteiger partial charge >= 0.3 is 0 Å². The normalized spacial score (nSPS) is 10.7. The lowest BCUT2D eigenvalue weighted by Crippen LogP contribution is -2.19. The molecular weight excluding hydrogens is 366 g/mol. The molecule has 0 bridgehead atoms. The summed E-state index contributed by atoms with van der Waals surface area (Å²) >= 11 is 11.7. The van der Waals surface area contributed by atoms with Crippen LogP contribution in [0.15, 0.2) is 67.0 Å². The van der Waals surface area contributed by atoms with Crippen LogP contribution in [0.4, 0.5) is 11.4 Å². The number of para-hydroxylation sites is 2. The predicted molar refractivity (Wildman–Crippen MR) is 111 cm³/mol. The fourth-order valence-electron chi connectivity index (χ4n) is 2.60. The zero-order valence-corrected chi connectivity index (χ0v) is 15.1. The van der Waals surface area contributed by atoms with Crippen LogP contribution in [-0.4, -0.2) is 20.1 Å². The summed E-state index contributed by atoms with van der Waals surface area (Å²) < 4.78 is 0. The number of pyridine rings is 1. The molecule has 2 aromatic heterocycles. The second kappa shape index (κ2) is 7.11. The maximum Gasteiger partial charge on any atom is 0.175 e. The van der Waals surface area contributed by atoms with E-state index in [0.29, 0.717) is 16.0 Å². The van der Waals surface area contributed by atoms with Gasteiger partial charge in [0.25, 0.3) is 0 Å². The standard InChI is InChI=1S/C19H14ClN5S/c20-15-8-7-12(22-19(26)23-13-4-3-9-21-11-13)10-14(15)18-24-16-5-1-2-6-17(16)25-18/h1-11H,(H,24,25)(H2,22,23,26). The van der Waals surface area contributed by atoms with E-state index in [1.54, 1.807) is 12.4 Å². The van der Waals surface area contributed by atoms with Crippen LogP contribution in [0.2, 0.25) is 5.02 Å². The Balaban J connectivity index is 1.59. The average molecular weight is 380 g/mol. The molecule has 2 heterocycles. The molecule has 26 heavy (non-hydrogen) atoms. The first-order valence-electron chi connectivity index (χ1n) is 7.92. The van der Waals surface area contributed by atoms with Crippen molar-refractivity contribution in [3.8, 4) is 11.4 Å². The number of imidazole rings is 1. The third kappa shape index (κ3) is 3.51. The van der Waals surface area contributed by atoms with E-state index in [4.69, 9.17) is 23.8 Å². The van der Waals surface area contributed by atoms with Gasteiger partial charge in [-0.2, -0.15) is 0 Å². The lowest BCUT2D eigenvalue weighted by molar-refractivity contribution is 1.33. The van der Waals surface area contributed by atoms with Gasteiger partial charge in [0.1, 0.15) is 5.82 Å². The Morgan fingerprint density at radius 3 is 2.65 bits per heavy atom. The molecule has 0 amide bonds. The molecule has 0 atom stereocenters. The number of thiocarbonyl (C=S) groups is 1. The zero-order chi connectivity index (χ0) is 17.9. The van der Waals surface area contributed by atoms with Crippen LogP contribution in [0, 0.1) is 0 Å². The minimum atomic E-state index is 0.468. The number of H-pyrrole nitrogens is 1. The lowest BCUT2D eigenvalue weighted by atomic mass is 10.2. The Hall–Kier alpha value is -2.96. The zero-order valence-electron chi connectivity index (χ0n) is 13.5. The Kier molecular flexibility index (Phi) is 4.51. The number of fused-ring (bicyclic) bond motifs is 1. The Labute approximate surface area is 160 Å². The molecule has 0 aliphatic carbocycles. The van der Waals surface area contributed by atoms with Gasteiger partial charge in [0.05, 0.1) is 27.9 Å². The molecule has 7 heteroatoms. The molecule has 0 aliphatic heterocycles. The Morgan fingerprint density at radius 1 is 1.00 bits per heavy atom. The molecule has 4 aromatic rings. The number of nitrogens with one attached hydrogen (secondary N) is 3. The number of benzene rings is 2. The van der Waals surface area contributed by atoms with Gasteiger partial charge in [0.2, 0.25) is 0 Å². The highest BCUT2D eigenvalue weighted by molar-refractivity contribution is 7.80. The van der Waals surface area contributed by atoms with Crippen molar-refractivity contribution < 1.29 is 0 Å². The minimum Gasteiger partial charge on any atom is -0.338 e. The Bertz CT molecular complexity index is 1040. The second-order valence-corrected chi connectivity index (χ2v) is 6.43. The summed E-state index contributed by atoms with van der Waals surface area (Å²) in [6.07, 6.45) is 3.41. The van der Waals surface area contributed by atoms with Gasteiger partial charge in [-0.3, -0.25) is 4.98 Å². The van der Waals surface area contributed by atoms with Crippen molar-refractivity contribution in [2.75, 3.05) is 10.6 Å². The van der Waals surface area contributed by atoms with Crippen molar-refractivity contribution in [2.24, 2.45) is 0 Å². The van der Waals surface area contributed by atoms with Gasteiger partial charge in [-0.05, 0) is 54.7 Å². The van der Waals surface area contributed by atoms with Crippen LogP contribution in [0.25, 0.3) is 22.4 Å². The van der Waals surface area contributed by atoms with Crippen molar-refractivity contribution in [2.45, 2.75) is 0 Å². The van der Waals surface area contributed by atoms with E-state index in [1.165, 1.54) is 0 Å². The van der Waals surface area contributed by atoms with Crippen molar-refractivity contribution in [3.63, 3.8) is 0 Å². The van der Waals surface area contributed by atoms with E-state index in [1.807, 2.05) is 54.6 Å². The maximum atomic E-state index is 6.38. The highest BCUT2D eigenvalue weighted by Gasteiger charge is 2.10. The van der Waals surface area contributed by atoms with E-state index in [9.17, 15) is 0 Å². The Morgan fingerprint density at radius 2 is 1.85 bits per heavy atom. The van der Waals surface area contributed by atoms with E-state index in [2.05, 4.69) is 25.6 Å². The number of hydrogen-bond acceptors (Lipinski definition) is 3. The quantitative estimate of drug-likeness (QED) is 0.433. The number of hydrogen-bond donors (Lipinski definition) is 3. The number of aromatic amines is 1. The second-order valence-electron chi connectivity index (χ2n) is 5.62. The van der Waals surface area contributed by atoms with Crippen LogP contribution in [0.1, 0.15) is 0 Å². The molecule has 0 radical (unpaired) electrons. The fraction of sp³-hybridized carbons (Fsp3) is 0. The number of nitrogens with zero attached hydrogens (tertiary/aromatic N) is 2. The van der Waals surface area contributed by atoms with E-state index < -0.39 is 0 Å². The minimum absolute atomic E-state index is 0.468. The molecule has 0 aliphatic rings. The number of rotatable bonds is 3. The van der Waals surface area contributed by atoms with Gasteiger partial charge in [-0.25, -0.2) is 4.98 Å². The third-order valence-electron chi connectivity index (χ3n) is 3.79. The SMILES string of the molecule is S=C(Nc1cccnc1)Nc1ccc(Cl)c(-c2nc3ccccc3[nH]2)c1. The molecule has 2 aromatic carbocycles. The highest BCUT2D eigenvalue weighted by atomic mass is 35.5. The number of halogens is 1. The molecule has 0 saturated carbocycles. The summed E-state index contributed by atoms with van der Waals surface area (Å²) in [5, 5.41) is 7.32. The van der Waals surface area contributed by atoms with Gasteiger partial charge in [0.15, 0.2) is 5.11 Å². The average Bonchev–Trinajstić information content (AvgIpc) is 3.08. The molecular formula is C19H14ClN5S. The molecule has 0 fully saturated rings. The molecule has 3 N–H and O–H groups in total. The largest absolute Gasteiger partial charge is 0.338 e. The van der Waals surface area contributed by atoms with Gasteiger partial charge in [0, 0.05) is 17.4 Å². The van der Waals surface area contributed by atoms with Crippen molar-refractivity contribution in [3.05, 3.63) is 72.0 Å². The smallest absolute Gasteiger partial charge is 0.175 e. The van der Waals surface area contributed by atoms with Gasteiger partial charge in [-0.1, -0.05) is 23.7 Å². The van der Waals surface area contributed by atoms with Gasteiger partial charge < -0.3 is 15.6 Å². The molecule has 4 rings (SSSR count). The van der Waals surface area contributed by atoms with E-state index in [0.717, 1.165) is 28.0 Å². The van der Waals surface area contributed by atoms with Crippen LogP contribution in [0.3, 0.4) is 0 Å². The van der Waals surface area contributed by atoms with E-state index in [-0.39, 0.29) is 0 Å². The first-order valence-corrected chi connectivity index (χ1v) is 8.70. The molecule has 0 spiro atoms. The van der Waals surface area contributed by atoms with Crippen molar-refractivity contribution in [1.82, 2.24) is 15.0 Å². The number of anilines is 2. The van der Waals surface area contributed by atoms with Crippen LogP contribution >= 0.6 is 23.8 Å². The summed E-state index contributed by atoms with van der Waals surface area (Å²) in [6.45, 7) is 0.